The van der Waals surface area contributed by atoms with Gasteiger partial charge in [-0.15, -0.1) is 0 Å². The van der Waals surface area contributed by atoms with Crippen molar-refractivity contribution < 1.29 is 9.90 Å². The van der Waals surface area contributed by atoms with E-state index in [4.69, 9.17) is 0 Å². The molecule has 0 aliphatic rings. The molecule has 0 fully saturated rings. The highest BCUT2D eigenvalue weighted by Gasteiger charge is 1.90. The Balaban J connectivity index is 2.62. The van der Waals surface area contributed by atoms with Crippen LogP contribution < -0.4 is 10.5 Å². The van der Waals surface area contributed by atoms with Crippen molar-refractivity contribution in [3.8, 4) is 0 Å². The van der Waals surface area contributed by atoms with Gasteiger partial charge in [0.2, 0.25) is 0 Å². The van der Waals surface area contributed by atoms with E-state index in [0.717, 1.165) is 5.69 Å². The Morgan fingerprint density at radius 3 is 2.54 bits per heavy atom. The molecule has 1 rings (SSSR count). The highest BCUT2D eigenvalue weighted by Crippen LogP contribution is 2.04. The first kappa shape index (κ1) is 9.25. The molecule has 13 heavy (non-hydrogen) atoms. The smallest absolute Gasteiger partial charge is 0.0873 e. The maximum atomic E-state index is 10.2. The van der Waals surface area contributed by atoms with E-state index in [-0.39, 0.29) is 5.71 Å². The summed E-state index contributed by atoms with van der Waals surface area (Å²) in [7, 11) is 0. The fourth-order valence-corrected chi connectivity index (χ4v) is 0.707. The Hall–Kier alpha value is -1.84. The van der Waals surface area contributed by atoms with Crippen LogP contribution in [0.25, 0.3) is 0 Å². The minimum Gasteiger partial charge on any atom is -0.543 e. The third-order valence-corrected chi connectivity index (χ3v) is 1.42. The normalized spacial score (nSPS) is 11.0. The molecule has 0 aromatic heterocycles. The molecule has 0 saturated carbocycles. The van der Waals surface area contributed by atoms with Gasteiger partial charge >= 0.3 is 0 Å². The molecule has 68 valence electrons. The highest BCUT2D eigenvalue weighted by molar-refractivity contribution is 6.33. The first-order chi connectivity index (χ1) is 6.20. The molecule has 1 N–H and O–H groups in total. The Morgan fingerprint density at radius 2 is 2.00 bits per heavy atom. The van der Waals surface area contributed by atoms with Crippen LogP contribution in [0.15, 0.2) is 35.4 Å². The molecule has 0 amide bonds. The van der Waals surface area contributed by atoms with E-state index in [9.17, 15) is 9.90 Å². The minimum atomic E-state index is -1.27. The lowest BCUT2D eigenvalue weighted by Gasteiger charge is -2.02. The SMILES string of the molecule is C/C(=N\Nc1ccccc1)C(=O)[O-]. The lowest BCUT2D eigenvalue weighted by Crippen LogP contribution is -2.30. The summed E-state index contributed by atoms with van der Waals surface area (Å²) in [6.45, 7) is 1.37. The number of hydrogen-bond donors (Lipinski definition) is 1. The largest absolute Gasteiger partial charge is 0.543 e. The number of hydrazone groups is 1. The average molecular weight is 177 g/mol. The van der Waals surface area contributed by atoms with Crippen molar-refractivity contribution in [2.45, 2.75) is 6.92 Å². The zero-order valence-electron chi connectivity index (χ0n) is 7.15. The number of hydrogen-bond acceptors (Lipinski definition) is 4. The predicted molar refractivity (Wildman–Crippen MR) is 48.2 cm³/mol. The van der Waals surface area contributed by atoms with E-state index >= 15 is 0 Å². The van der Waals surface area contributed by atoms with Crippen LogP contribution in [-0.4, -0.2) is 11.7 Å². The van der Waals surface area contributed by atoms with Crippen LogP contribution in [0.5, 0.6) is 0 Å². The van der Waals surface area contributed by atoms with Crippen LogP contribution in [0.1, 0.15) is 6.92 Å². The van der Waals surface area contributed by atoms with Crippen molar-refractivity contribution in [3.63, 3.8) is 0 Å². The number of nitrogens with one attached hydrogen (secondary N) is 1. The first-order valence-electron chi connectivity index (χ1n) is 3.77. The molecule has 1 aromatic rings. The molecule has 0 unspecified atom stereocenters. The zero-order valence-corrected chi connectivity index (χ0v) is 7.15. The van der Waals surface area contributed by atoms with Gasteiger partial charge in [0.15, 0.2) is 0 Å². The van der Waals surface area contributed by atoms with Gasteiger partial charge in [-0.05, 0) is 19.1 Å². The van der Waals surface area contributed by atoms with Crippen molar-refractivity contribution >= 4 is 17.4 Å². The van der Waals surface area contributed by atoms with Crippen molar-refractivity contribution in [2.75, 3.05) is 5.43 Å². The lowest BCUT2D eigenvalue weighted by atomic mass is 10.3. The topological polar surface area (TPSA) is 64.5 Å². The summed E-state index contributed by atoms with van der Waals surface area (Å²) in [6.07, 6.45) is 0. The third-order valence-electron chi connectivity index (χ3n) is 1.42. The van der Waals surface area contributed by atoms with Crippen LogP contribution in [0, 0.1) is 0 Å². The van der Waals surface area contributed by atoms with E-state index in [0.29, 0.717) is 0 Å². The molecule has 0 heterocycles. The Labute approximate surface area is 75.9 Å². The van der Waals surface area contributed by atoms with Gasteiger partial charge in [0.25, 0.3) is 0 Å². The van der Waals surface area contributed by atoms with Gasteiger partial charge in [-0.2, -0.15) is 5.10 Å². The number of anilines is 1. The van der Waals surface area contributed by atoms with Crippen molar-refractivity contribution in [1.82, 2.24) is 0 Å². The fourth-order valence-electron chi connectivity index (χ4n) is 0.707. The van der Waals surface area contributed by atoms with E-state index in [1.54, 1.807) is 12.1 Å². The first-order valence-corrected chi connectivity index (χ1v) is 3.77. The number of carboxylic acid groups (broad SMARTS) is 1. The molecule has 0 atom stereocenters. The van der Waals surface area contributed by atoms with Crippen molar-refractivity contribution in [1.29, 1.82) is 0 Å². The van der Waals surface area contributed by atoms with Gasteiger partial charge in [-0.25, -0.2) is 0 Å². The van der Waals surface area contributed by atoms with Crippen molar-refractivity contribution in [3.05, 3.63) is 30.3 Å². The number of rotatable bonds is 3. The fraction of sp³-hybridized carbons (Fsp3) is 0.111. The monoisotopic (exact) mass is 177 g/mol. The molecule has 0 bridgehead atoms. The third kappa shape index (κ3) is 2.94. The van der Waals surface area contributed by atoms with E-state index in [1.165, 1.54) is 6.92 Å². The number of carbonyl (C=O) groups is 1. The summed E-state index contributed by atoms with van der Waals surface area (Å²) < 4.78 is 0. The second kappa shape index (κ2) is 4.25. The van der Waals surface area contributed by atoms with E-state index in [2.05, 4.69) is 10.5 Å². The second-order valence-electron chi connectivity index (χ2n) is 2.46. The maximum Gasteiger partial charge on any atom is 0.0873 e. The number of benzene rings is 1. The molecule has 0 aliphatic heterocycles. The summed E-state index contributed by atoms with van der Waals surface area (Å²) in [5.41, 5.74) is 3.25. The molecule has 4 heteroatoms. The Kier molecular flexibility index (Phi) is 3.03. The van der Waals surface area contributed by atoms with Crippen LogP contribution >= 0.6 is 0 Å². The van der Waals surface area contributed by atoms with Gasteiger partial charge in [0.1, 0.15) is 0 Å². The maximum absolute atomic E-state index is 10.2. The van der Waals surface area contributed by atoms with E-state index < -0.39 is 5.97 Å². The molecule has 0 aliphatic carbocycles. The standard InChI is InChI=1S/C9H10N2O2/c1-7(9(12)13)10-11-8-5-3-2-4-6-8/h2-6,11H,1H3,(H,12,13)/p-1/b10-7+. The number of nitrogens with zero attached hydrogens (tertiary/aromatic N) is 1. The average Bonchev–Trinajstić information content (AvgIpc) is 2.15. The Morgan fingerprint density at radius 1 is 1.38 bits per heavy atom. The number of carboxylic acids is 1. The molecule has 4 nitrogen and oxygen atoms in total. The number of aliphatic carboxylic acids is 1. The molecular formula is C9H9N2O2-. The quantitative estimate of drug-likeness (QED) is 0.530. The molecule has 0 saturated heterocycles. The molecular weight excluding hydrogens is 168 g/mol. The van der Waals surface area contributed by atoms with Crippen LogP contribution in [0.4, 0.5) is 5.69 Å². The van der Waals surface area contributed by atoms with Crippen molar-refractivity contribution in [2.24, 2.45) is 5.10 Å². The summed E-state index contributed by atoms with van der Waals surface area (Å²) in [5.74, 6) is -1.27. The number of carbonyl (C=O) groups excluding carboxylic acids is 1. The summed E-state index contributed by atoms with van der Waals surface area (Å²) in [4.78, 5) is 10.2. The summed E-state index contributed by atoms with van der Waals surface area (Å²) >= 11 is 0. The molecule has 0 radical (unpaired) electrons. The van der Waals surface area contributed by atoms with Gasteiger partial charge in [0, 0.05) is 0 Å². The summed E-state index contributed by atoms with van der Waals surface area (Å²) in [6, 6.07) is 9.08. The van der Waals surface area contributed by atoms with Crippen LogP contribution in [0.2, 0.25) is 0 Å². The van der Waals surface area contributed by atoms with Gasteiger partial charge in [-0.3, -0.25) is 5.43 Å². The zero-order chi connectivity index (χ0) is 9.68. The summed E-state index contributed by atoms with van der Waals surface area (Å²) in [5, 5.41) is 13.8. The van der Waals surface area contributed by atoms with Gasteiger partial charge in [-0.1, -0.05) is 18.2 Å². The molecule has 0 spiro atoms. The lowest BCUT2D eigenvalue weighted by molar-refractivity contribution is -0.294. The number of para-hydroxylation sites is 1. The van der Waals surface area contributed by atoms with Crippen LogP contribution in [0.3, 0.4) is 0 Å². The van der Waals surface area contributed by atoms with E-state index in [1.807, 2.05) is 18.2 Å². The van der Waals surface area contributed by atoms with Gasteiger partial charge in [0.05, 0.1) is 17.4 Å². The van der Waals surface area contributed by atoms with Gasteiger partial charge < -0.3 is 9.90 Å². The Bertz CT molecular complexity index is 320. The van der Waals surface area contributed by atoms with Crippen LogP contribution in [-0.2, 0) is 4.79 Å². The minimum absolute atomic E-state index is 0.0798. The second-order valence-corrected chi connectivity index (χ2v) is 2.46. The highest BCUT2D eigenvalue weighted by atomic mass is 16.4. The predicted octanol–water partition coefficient (Wildman–Crippen LogP) is 0.224. The molecule has 1 aromatic carbocycles.